The number of likely N-dealkylation sites (tertiary alicyclic amines) is 1. The van der Waals surface area contributed by atoms with E-state index in [4.69, 9.17) is 4.84 Å². The number of halogens is 2. The highest BCUT2D eigenvalue weighted by atomic mass is 19.2. The van der Waals surface area contributed by atoms with Crippen LogP contribution in [-0.4, -0.2) is 52.9 Å². The quantitative estimate of drug-likeness (QED) is 0.711. The van der Waals surface area contributed by atoms with Crippen molar-refractivity contribution in [2.75, 3.05) is 13.2 Å². The van der Waals surface area contributed by atoms with Crippen molar-refractivity contribution in [1.82, 2.24) is 15.3 Å². The molecule has 3 amide bonds. The van der Waals surface area contributed by atoms with Crippen molar-refractivity contribution >= 4 is 17.7 Å². The van der Waals surface area contributed by atoms with Crippen LogP contribution in [0.5, 0.6) is 0 Å². The van der Waals surface area contributed by atoms with Gasteiger partial charge in [-0.05, 0) is 31.2 Å². The number of amides is 3. The smallest absolute Gasteiger partial charge is 0.268 e. The van der Waals surface area contributed by atoms with E-state index in [-0.39, 0.29) is 48.6 Å². The first-order valence-corrected chi connectivity index (χ1v) is 10.7. The predicted molar refractivity (Wildman–Crippen MR) is 108 cm³/mol. The lowest BCUT2D eigenvalue weighted by Crippen LogP contribution is -2.53. The van der Waals surface area contributed by atoms with Crippen molar-refractivity contribution < 1.29 is 28.0 Å². The lowest BCUT2D eigenvalue weighted by molar-refractivity contribution is -0.200. The Balaban J connectivity index is 1.63. The molecule has 1 N–H and O–H groups in total. The van der Waals surface area contributed by atoms with E-state index in [9.17, 15) is 23.2 Å². The Morgan fingerprint density at radius 1 is 1.26 bits per heavy atom. The monoisotopic (exact) mass is 437 g/mol. The number of benzene rings is 1. The lowest BCUT2D eigenvalue weighted by Gasteiger charge is -2.32. The summed E-state index contributed by atoms with van der Waals surface area (Å²) < 4.78 is 27.6. The van der Waals surface area contributed by atoms with E-state index in [1.165, 1.54) is 22.1 Å². The van der Waals surface area contributed by atoms with E-state index in [2.05, 4.69) is 5.32 Å². The molecule has 0 bridgehead atoms. The van der Waals surface area contributed by atoms with Crippen LogP contribution in [0, 0.1) is 17.6 Å². The van der Waals surface area contributed by atoms with E-state index in [0.717, 1.165) is 18.9 Å². The Morgan fingerprint density at radius 3 is 2.71 bits per heavy atom. The van der Waals surface area contributed by atoms with Crippen molar-refractivity contribution in [2.24, 2.45) is 5.92 Å². The normalized spacial score (nSPS) is 20.3. The molecule has 2 aliphatic rings. The van der Waals surface area contributed by atoms with E-state index in [1.54, 1.807) is 0 Å². The number of carbonyl (C=O) groups excluding carboxylic acids is 3. The molecule has 0 saturated carbocycles. The van der Waals surface area contributed by atoms with E-state index < -0.39 is 23.7 Å². The second-order valence-electron chi connectivity index (χ2n) is 8.40. The van der Waals surface area contributed by atoms with Gasteiger partial charge in [-0.1, -0.05) is 26.0 Å². The van der Waals surface area contributed by atoms with Gasteiger partial charge >= 0.3 is 0 Å². The highest BCUT2D eigenvalue weighted by molar-refractivity contribution is 5.88. The van der Waals surface area contributed by atoms with Gasteiger partial charge in [-0.25, -0.2) is 13.8 Å². The maximum absolute atomic E-state index is 14.1. The van der Waals surface area contributed by atoms with Crippen molar-refractivity contribution in [2.45, 2.75) is 64.6 Å². The van der Waals surface area contributed by atoms with Crippen LogP contribution in [0.2, 0.25) is 0 Å². The number of carbonyl (C=O) groups is 3. The summed E-state index contributed by atoms with van der Waals surface area (Å²) in [6, 6.07) is 2.65. The first kappa shape index (κ1) is 23.1. The third-order valence-electron chi connectivity index (χ3n) is 5.74. The summed E-state index contributed by atoms with van der Waals surface area (Å²) in [5.74, 6) is -2.98. The minimum atomic E-state index is -0.989. The van der Waals surface area contributed by atoms with Gasteiger partial charge in [0.1, 0.15) is 6.04 Å². The van der Waals surface area contributed by atoms with Crippen LogP contribution in [0.15, 0.2) is 18.2 Å². The molecule has 2 aliphatic heterocycles. The second kappa shape index (κ2) is 10.2. The van der Waals surface area contributed by atoms with Crippen LogP contribution in [0.25, 0.3) is 0 Å². The van der Waals surface area contributed by atoms with Crippen molar-refractivity contribution in [3.05, 3.63) is 35.4 Å². The Morgan fingerprint density at radius 2 is 2.03 bits per heavy atom. The van der Waals surface area contributed by atoms with Crippen LogP contribution in [-0.2, 0) is 25.8 Å². The molecule has 2 heterocycles. The number of rotatable bonds is 7. The molecule has 9 heteroatoms. The summed E-state index contributed by atoms with van der Waals surface area (Å²) in [5, 5.41) is 4.09. The maximum atomic E-state index is 14.1. The molecule has 2 fully saturated rings. The highest BCUT2D eigenvalue weighted by Crippen LogP contribution is 2.25. The summed E-state index contributed by atoms with van der Waals surface area (Å²) in [5.41, 5.74) is 0.0677. The van der Waals surface area contributed by atoms with Gasteiger partial charge in [-0.2, -0.15) is 0 Å². The molecule has 7 nitrogen and oxygen atoms in total. The van der Waals surface area contributed by atoms with Crippen LogP contribution < -0.4 is 5.32 Å². The minimum Gasteiger partial charge on any atom is -0.344 e. The molecule has 0 aliphatic carbocycles. The largest absolute Gasteiger partial charge is 0.344 e. The number of nitrogens with one attached hydrogen (secondary N) is 1. The predicted octanol–water partition coefficient (Wildman–Crippen LogP) is 2.54. The van der Waals surface area contributed by atoms with Crippen LogP contribution in [0.1, 0.15) is 51.5 Å². The summed E-state index contributed by atoms with van der Waals surface area (Å²) >= 11 is 0. The number of hydroxylamine groups is 2. The topological polar surface area (TPSA) is 79.0 Å². The van der Waals surface area contributed by atoms with Crippen LogP contribution >= 0.6 is 0 Å². The molecule has 0 spiro atoms. The van der Waals surface area contributed by atoms with Gasteiger partial charge in [0, 0.05) is 37.5 Å². The summed E-state index contributed by atoms with van der Waals surface area (Å²) in [6.07, 6.45) is 2.40. The van der Waals surface area contributed by atoms with Gasteiger partial charge in [-0.3, -0.25) is 19.2 Å². The van der Waals surface area contributed by atoms with E-state index in [0.29, 0.717) is 19.6 Å². The Bertz CT molecular complexity index is 827. The fourth-order valence-electron chi connectivity index (χ4n) is 3.96. The summed E-state index contributed by atoms with van der Waals surface area (Å²) in [7, 11) is 0. The molecule has 0 aromatic heterocycles. The van der Waals surface area contributed by atoms with Gasteiger partial charge < -0.3 is 10.2 Å². The first-order valence-electron chi connectivity index (χ1n) is 10.7. The first-order chi connectivity index (χ1) is 14.8. The zero-order valence-electron chi connectivity index (χ0n) is 17.9. The van der Waals surface area contributed by atoms with Crippen molar-refractivity contribution in [3.8, 4) is 0 Å². The molecule has 31 heavy (non-hydrogen) atoms. The molecule has 3 rings (SSSR count). The number of hydrogen-bond donors (Lipinski definition) is 1. The molecule has 0 unspecified atom stereocenters. The molecule has 0 radical (unpaired) electrons. The van der Waals surface area contributed by atoms with Crippen LogP contribution in [0.3, 0.4) is 0 Å². The molecule has 1 aromatic carbocycles. The zero-order valence-corrected chi connectivity index (χ0v) is 17.9. The minimum absolute atomic E-state index is 0.0139. The Kier molecular flexibility index (Phi) is 7.59. The van der Waals surface area contributed by atoms with Crippen LogP contribution in [0.4, 0.5) is 8.78 Å². The maximum Gasteiger partial charge on any atom is 0.268 e. The summed E-state index contributed by atoms with van der Waals surface area (Å²) in [6.45, 7) is 4.53. The van der Waals surface area contributed by atoms with Gasteiger partial charge in [-0.15, -0.1) is 0 Å². The molecule has 2 atom stereocenters. The van der Waals surface area contributed by atoms with Crippen molar-refractivity contribution in [3.63, 3.8) is 0 Å². The number of hydrogen-bond acceptors (Lipinski definition) is 4. The third kappa shape index (κ3) is 5.58. The molecule has 170 valence electrons. The standard InChI is InChI=1S/C22H29F2N3O4/c1-14(2)21(22(30)27-10-3-4-11-31-27)25-18(28)12-16-8-9-19(29)26(16)13-15-6-5-7-17(23)20(15)24/h5-7,14,16,21H,3-4,8-13H2,1-2H3,(H,25,28)/t16-,21-/m0/s1. The van der Waals surface area contributed by atoms with Crippen molar-refractivity contribution in [1.29, 1.82) is 0 Å². The fourth-order valence-corrected chi connectivity index (χ4v) is 3.96. The summed E-state index contributed by atoms with van der Waals surface area (Å²) in [4.78, 5) is 44.7. The third-order valence-corrected chi connectivity index (χ3v) is 5.74. The molecule has 1 aromatic rings. The second-order valence-corrected chi connectivity index (χ2v) is 8.40. The zero-order chi connectivity index (χ0) is 22.5. The van der Waals surface area contributed by atoms with Gasteiger partial charge in [0.2, 0.25) is 11.8 Å². The van der Waals surface area contributed by atoms with E-state index >= 15 is 0 Å². The SMILES string of the molecule is CC(C)[C@H](NC(=O)C[C@@H]1CCC(=O)N1Cc1cccc(F)c1F)C(=O)N1CCCCO1. The van der Waals surface area contributed by atoms with Gasteiger partial charge in [0.05, 0.1) is 6.61 Å². The van der Waals surface area contributed by atoms with Gasteiger partial charge in [0.25, 0.3) is 5.91 Å². The average molecular weight is 437 g/mol. The van der Waals surface area contributed by atoms with E-state index in [1.807, 2.05) is 13.8 Å². The number of nitrogens with zero attached hydrogens (tertiary/aromatic N) is 2. The molecular formula is C22H29F2N3O4. The highest BCUT2D eigenvalue weighted by Gasteiger charge is 2.35. The molecule has 2 saturated heterocycles. The Labute approximate surface area is 180 Å². The fraction of sp³-hybridized carbons (Fsp3) is 0.591. The lowest BCUT2D eigenvalue weighted by atomic mass is 10.0. The average Bonchev–Trinajstić information content (AvgIpc) is 3.08. The van der Waals surface area contributed by atoms with Gasteiger partial charge in [0.15, 0.2) is 11.6 Å². The Hall–Kier alpha value is -2.55. The molecular weight excluding hydrogens is 408 g/mol.